The maximum absolute atomic E-state index is 11.7. The van der Waals surface area contributed by atoms with Gasteiger partial charge in [0.25, 0.3) is 5.91 Å². The number of carbonyl (C=O) groups is 1. The van der Waals surface area contributed by atoms with E-state index in [-0.39, 0.29) is 11.7 Å². The molecule has 4 heteroatoms. The molecule has 98 valence electrons. The van der Waals surface area contributed by atoms with Crippen LogP contribution in [0.4, 0.5) is 0 Å². The van der Waals surface area contributed by atoms with Crippen LogP contribution in [0.15, 0.2) is 48.8 Å². The molecule has 0 atom stereocenters. The summed E-state index contributed by atoms with van der Waals surface area (Å²) in [4.78, 5) is 15.6. The van der Waals surface area contributed by atoms with Gasteiger partial charge in [-0.25, -0.2) is 0 Å². The number of hydrogen-bond donors (Lipinski definition) is 2. The molecule has 4 nitrogen and oxygen atoms in total. The van der Waals surface area contributed by atoms with E-state index in [1.165, 1.54) is 0 Å². The van der Waals surface area contributed by atoms with Crippen molar-refractivity contribution in [2.24, 2.45) is 0 Å². The third-order valence-corrected chi connectivity index (χ3v) is 2.78. The summed E-state index contributed by atoms with van der Waals surface area (Å²) in [5.74, 6) is 0.191. The van der Waals surface area contributed by atoms with E-state index >= 15 is 0 Å². The number of rotatable bonds is 5. The smallest absolute Gasteiger partial charge is 0.251 e. The first-order valence-electron chi connectivity index (χ1n) is 6.22. The first kappa shape index (κ1) is 13.1. The van der Waals surface area contributed by atoms with Crippen molar-refractivity contribution in [1.29, 1.82) is 0 Å². The van der Waals surface area contributed by atoms with Gasteiger partial charge in [-0.2, -0.15) is 0 Å². The summed E-state index contributed by atoms with van der Waals surface area (Å²) < 4.78 is 0. The molecule has 2 aromatic rings. The van der Waals surface area contributed by atoms with Gasteiger partial charge in [0.15, 0.2) is 0 Å². The Morgan fingerprint density at radius 1 is 1.21 bits per heavy atom. The second-order valence-electron chi connectivity index (χ2n) is 4.27. The van der Waals surface area contributed by atoms with Gasteiger partial charge in [-0.05, 0) is 42.7 Å². The number of aryl methyl sites for hydroxylation is 1. The maximum atomic E-state index is 11.7. The SMILES string of the molecule is O=C(NCCCc1cccc(O)c1)c1ccncc1. The normalized spacial score (nSPS) is 10.1. The molecular weight excluding hydrogens is 240 g/mol. The molecular formula is C15H16N2O2. The minimum Gasteiger partial charge on any atom is -0.508 e. The van der Waals surface area contributed by atoms with Crippen molar-refractivity contribution in [2.45, 2.75) is 12.8 Å². The van der Waals surface area contributed by atoms with Gasteiger partial charge in [0.1, 0.15) is 5.75 Å². The lowest BCUT2D eigenvalue weighted by Gasteiger charge is -2.05. The standard InChI is InChI=1S/C15H16N2O2/c18-14-5-1-3-12(11-14)4-2-8-17-15(19)13-6-9-16-10-7-13/h1,3,5-7,9-11,18H,2,4,8H2,(H,17,19). The Balaban J connectivity index is 1.74. The Morgan fingerprint density at radius 3 is 2.74 bits per heavy atom. The Kier molecular flexibility index (Phi) is 4.50. The molecule has 0 unspecified atom stereocenters. The predicted octanol–water partition coefficient (Wildman–Crippen LogP) is 2.15. The number of carbonyl (C=O) groups excluding carboxylic acids is 1. The number of pyridine rings is 1. The quantitative estimate of drug-likeness (QED) is 0.806. The molecule has 0 spiro atoms. The summed E-state index contributed by atoms with van der Waals surface area (Å²) in [6.07, 6.45) is 4.86. The van der Waals surface area contributed by atoms with Crippen LogP contribution in [0.3, 0.4) is 0 Å². The zero-order valence-electron chi connectivity index (χ0n) is 10.5. The number of hydrogen-bond acceptors (Lipinski definition) is 3. The van der Waals surface area contributed by atoms with Crippen LogP contribution in [0.5, 0.6) is 5.75 Å². The average molecular weight is 256 g/mol. The second-order valence-corrected chi connectivity index (χ2v) is 4.27. The van der Waals surface area contributed by atoms with E-state index in [2.05, 4.69) is 10.3 Å². The Bertz CT molecular complexity index is 541. The molecule has 0 bridgehead atoms. The van der Waals surface area contributed by atoms with Crippen molar-refractivity contribution in [3.8, 4) is 5.75 Å². The molecule has 0 saturated carbocycles. The first-order chi connectivity index (χ1) is 9.25. The van der Waals surface area contributed by atoms with Gasteiger partial charge in [-0.1, -0.05) is 12.1 Å². The van der Waals surface area contributed by atoms with Crippen molar-refractivity contribution in [3.05, 3.63) is 59.9 Å². The third kappa shape index (κ3) is 4.10. The highest BCUT2D eigenvalue weighted by Crippen LogP contribution is 2.12. The lowest BCUT2D eigenvalue weighted by Crippen LogP contribution is -2.24. The second kappa shape index (κ2) is 6.54. The van der Waals surface area contributed by atoms with Gasteiger partial charge in [-0.3, -0.25) is 9.78 Å². The molecule has 0 aliphatic carbocycles. The van der Waals surface area contributed by atoms with Crippen molar-refractivity contribution in [3.63, 3.8) is 0 Å². The molecule has 19 heavy (non-hydrogen) atoms. The number of nitrogens with zero attached hydrogens (tertiary/aromatic N) is 1. The molecule has 0 saturated heterocycles. The molecule has 1 aromatic heterocycles. The van der Waals surface area contributed by atoms with E-state index in [0.717, 1.165) is 18.4 Å². The van der Waals surface area contributed by atoms with E-state index in [0.29, 0.717) is 12.1 Å². The largest absolute Gasteiger partial charge is 0.508 e. The van der Waals surface area contributed by atoms with Crippen molar-refractivity contribution >= 4 is 5.91 Å². The number of phenols is 1. The molecule has 0 aliphatic heterocycles. The number of amides is 1. The van der Waals surface area contributed by atoms with Crippen LogP contribution >= 0.6 is 0 Å². The van der Waals surface area contributed by atoms with Crippen LogP contribution in [-0.2, 0) is 6.42 Å². The van der Waals surface area contributed by atoms with E-state index in [9.17, 15) is 9.90 Å². The third-order valence-electron chi connectivity index (χ3n) is 2.78. The summed E-state index contributed by atoms with van der Waals surface area (Å²) >= 11 is 0. The van der Waals surface area contributed by atoms with Crippen LogP contribution in [0.2, 0.25) is 0 Å². The van der Waals surface area contributed by atoms with E-state index in [1.54, 1.807) is 36.7 Å². The fourth-order valence-corrected chi connectivity index (χ4v) is 1.81. The number of aromatic hydroxyl groups is 1. The Hall–Kier alpha value is -2.36. The molecule has 0 radical (unpaired) electrons. The number of nitrogens with one attached hydrogen (secondary N) is 1. The summed E-state index contributed by atoms with van der Waals surface area (Å²) in [6.45, 7) is 0.608. The lowest BCUT2D eigenvalue weighted by molar-refractivity contribution is 0.0953. The van der Waals surface area contributed by atoms with Crippen LogP contribution in [-0.4, -0.2) is 22.5 Å². The molecule has 1 heterocycles. The summed E-state index contributed by atoms with van der Waals surface area (Å²) in [6, 6.07) is 10.5. The highest BCUT2D eigenvalue weighted by Gasteiger charge is 2.03. The molecule has 1 aromatic carbocycles. The first-order valence-corrected chi connectivity index (χ1v) is 6.22. The van der Waals surface area contributed by atoms with Gasteiger partial charge < -0.3 is 10.4 Å². The highest BCUT2D eigenvalue weighted by molar-refractivity contribution is 5.93. The summed E-state index contributed by atoms with van der Waals surface area (Å²) in [7, 11) is 0. The number of benzene rings is 1. The van der Waals surface area contributed by atoms with Crippen molar-refractivity contribution in [2.75, 3.05) is 6.54 Å². The van der Waals surface area contributed by atoms with Gasteiger partial charge in [0.05, 0.1) is 0 Å². The monoisotopic (exact) mass is 256 g/mol. The summed E-state index contributed by atoms with van der Waals surface area (Å²) in [5, 5.41) is 12.2. The molecule has 2 rings (SSSR count). The van der Waals surface area contributed by atoms with Gasteiger partial charge in [-0.15, -0.1) is 0 Å². The average Bonchev–Trinajstić information content (AvgIpc) is 2.44. The molecule has 0 aliphatic rings. The minimum atomic E-state index is -0.0849. The van der Waals surface area contributed by atoms with Crippen molar-refractivity contribution in [1.82, 2.24) is 10.3 Å². The van der Waals surface area contributed by atoms with E-state index < -0.39 is 0 Å². The molecule has 0 fully saturated rings. The fourth-order valence-electron chi connectivity index (χ4n) is 1.81. The number of aromatic nitrogens is 1. The summed E-state index contributed by atoms with van der Waals surface area (Å²) in [5.41, 5.74) is 1.69. The van der Waals surface area contributed by atoms with E-state index in [1.807, 2.05) is 12.1 Å². The van der Waals surface area contributed by atoms with Gasteiger partial charge in [0, 0.05) is 24.5 Å². The van der Waals surface area contributed by atoms with Crippen LogP contribution in [0.1, 0.15) is 22.3 Å². The topological polar surface area (TPSA) is 62.2 Å². The van der Waals surface area contributed by atoms with Crippen LogP contribution in [0.25, 0.3) is 0 Å². The van der Waals surface area contributed by atoms with E-state index in [4.69, 9.17) is 0 Å². The lowest BCUT2D eigenvalue weighted by atomic mass is 10.1. The Labute approximate surface area is 112 Å². The van der Waals surface area contributed by atoms with Gasteiger partial charge in [0.2, 0.25) is 0 Å². The zero-order valence-corrected chi connectivity index (χ0v) is 10.5. The minimum absolute atomic E-state index is 0.0849. The maximum Gasteiger partial charge on any atom is 0.251 e. The highest BCUT2D eigenvalue weighted by atomic mass is 16.3. The van der Waals surface area contributed by atoms with Gasteiger partial charge >= 0.3 is 0 Å². The van der Waals surface area contributed by atoms with Crippen molar-refractivity contribution < 1.29 is 9.90 Å². The molecule has 2 N–H and O–H groups in total. The van der Waals surface area contributed by atoms with Crippen LogP contribution in [0, 0.1) is 0 Å². The predicted molar refractivity (Wildman–Crippen MR) is 73.0 cm³/mol. The Morgan fingerprint density at radius 2 is 2.00 bits per heavy atom. The fraction of sp³-hybridized carbons (Fsp3) is 0.200. The molecule has 1 amide bonds. The zero-order chi connectivity index (χ0) is 13.5. The van der Waals surface area contributed by atoms with Crippen LogP contribution < -0.4 is 5.32 Å². The number of phenolic OH excluding ortho intramolecular Hbond substituents is 1.